The van der Waals surface area contributed by atoms with Crippen molar-refractivity contribution in [2.75, 3.05) is 0 Å². The second kappa shape index (κ2) is 5.32. The number of carbonyl (C=O) groups is 1. The fraction of sp³-hybridized carbons (Fsp3) is 0.0833. The lowest BCUT2D eigenvalue weighted by Crippen LogP contribution is -1.84. The molecular weight excluding hydrogens is 270 g/mol. The highest BCUT2D eigenvalue weighted by Crippen LogP contribution is 2.40. The quantitative estimate of drug-likeness (QED) is 0.482. The fourth-order valence-electron chi connectivity index (χ4n) is 1.35. The molecule has 0 N–H and O–H groups in total. The van der Waals surface area contributed by atoms with Crippen LogP contribution < -0.4 is 0 Å². The Kier molecular flexibility index (Phi) is 3.78. The molecule has 1 aromatic heterocycles. The van der Waals surface area contributed by atoms with E-state index in [-0.39, 0.29) is 10.8 Å². The number of thiophene rings is 1. The second-order valence-corrected chi connectivity index (χ2v) is 5.65. The number of carbonyl (C=O) groups excluding carboxylic acids is 1. The molecular formula is C12H9NO3S2. The molecule has 0 radical (unpaired) electrons. The molecule has 2 aromatic rings. The van der Waals surface area contributed by atoms with Gasteiger partial charge >= 0.3 is 5.00 Å². The minimum atomic E-state index is -0.442. The van der Waals surface area contributed by atoms with Gasteiger partial charge in [0, 0.05) is 4.90 Å². The zero-order valence-electron chi connectivity index (χ0n) is 9.45. The summed E-state index contributed by atoms with van der Waals surface area (Å²) < 4.78 is 0. The van der Waals surface area contributed by atoms with Crippen LogP contribution >= 0.6 is 23.1 Å². The Morgan fingerprint density at radius 2 is 2.00 bits per heavy atom. The van der Waals surface area contributed by atoms with E-state index in [1.54, 1.807) is 6.07 Å². The first-order valence-electron chi connectivity index (χ1n) is 5.10. The van der Waals surface area contributed by atoms with Crippen LogP contribution in [0, 0.1) is 10.1 Å². The van der Waals surface area contributed by atoms with Crippen LogP contribution in [0.4, 0.5) is 5.00 Å². The number of Topliss-reactive ketones (excluding diaryl/α,β-unsaturated/α-hetero) is 1. The van der Waals surface area contributed by atoms with Crippen LogP contribution in [0.3, 0.4) is 0 Å². The van der Waals surface area contributed by atoms with Crippen molar-refractivity contribution in [3.05, 3.63) is 51.4 Å². The summed E-state index contributed by atoms with van der Waals surface area (Å²) in [5.74, 6) is -0.150. The van der Waals surface area contributed by atoms with E-state index in [4.69, 9.17) is 0 Å². The molecule has 92 valence electrons. The Morgan fingerprint density at radius 1 is 1.33 bits per heavy atom. The molecule has 0 saturated heterocycles. The largest absolute Gasteiger partial charge is 0.338 e. The number of hydrogen-bond acceptors (Lipinski definition) is 5. The van der Waals surface area contributed by atoms with E-state index in [0.717, 1.165) is 16.2 Å². The van der Waals surface area contributed by atoms with Crippen molar-refractivity contribution >= 4 is 33.9 Å². The van der Waals surface area contributed by atoms with Crippen molar-refractivity contribution in [3.8, 4) is 0 Å². The Morgan fingerprint density at radius 3 is 2.56 bits per heavy atom. The van der Waals surface area contributed by atoms with Gasteiger partial charge in [-0.05, 0) is 25.1 Å². The third-order valence-corrected chi connectivity index (χ3v) is 4.52. The Balaban J connectivity index is 2.37. The van der Waals surface area contributed by atoms with Gasteiger partial charge in [-0.3, -0.25) is 14.9 Å². The first-order valence-corrected chi connectivity index (χ1v) is 6.73. The Bertz CT molecular complexity index is 593. The summed E-state index contributed by atoms with van der Waals surface area (Å²) in [4.78, 5) is 23.6. The van der Waals surface area contributed by atoms with Crippen molar-refractivity contribution in [3.63, 3.8) is 0 Å². The number of rotatable bonds is 4. The highest BCUT2D eigenvalue weighted by atomic mass is 32.2. The number of hydrogen-bond donors (Lipinski definition) is 0. The maximum absolute atomic E-state index is 11.3. The van der Waals surface area contributed by atoms with Crippen LogP contribution in [-0.2, 0) is 0 Å². The Labute approximate surface area is 112 Å². The fourth-order valence-corrected chi connectivity index (χ4v) is 3.33. The minimum absolute atomic E-state index is 0.0223. The molecule has 0 aliphatic heterocycles. The molecule has 18 heavy (non-hydrogen) atoms. The molecule has 0 aliphatic rings. The molecule has 0 atom stereocenters. The van der Waals surface area contributed by atoms with Crippen LogP contribution in [0.2, 0.25) is 0 Å². The summed E-state index contributed by atoms with van der Waals surface area (Å²) in [7, 11) is 0. The SMILES string of the molecule is CC(=O)c1cc(Sc2ccccc2)c([N+](=O)[O-])s1. The van der Waals surface area contributed by atoms with Crippen molar-refractivity contribution < 1.29 is 9.72 Å². The van der Waals surface area contributed by atoms with Crippen LogP contribution in [-0.4, -0.2) is 10.7 Å². The van der Waals surface area contributed by atoms with Crippen molar-refractivity contribution in [1.82, 2.24) is 0 Å². The summed E-state index contributed by atoms with van der Waals surface area (Å²) in [5, 5.41) is 11.0. The number of nitrogens with zero attached hydrogens (tertiary/aromatic N) is 1. The highest BCUT2D eigenvalue weighted by molar-refractivity contribution is 7.99. The van der Waals surface area contributed by atoms with Crippen LogP contribution in [0.5, 0.6) is 0 Å². The number of ketones is 1. The van der Waals surface area contributed by atoms with Gasteiger partial charge in [-0.25, -0.2) is 0 Å². The molecule has 0 spiro atoms. The molecule has 2 rings (SSSR count). The monoisotopic (exact) mass is 279 g/mol. The van der Waals surface area contributed by atoms with E-state index in [1.165, 1.54) is 18.7 Å². The predicted octanol–water partition coefficient (Wildman–Crippen LogP) is 4.01. The number of benzene rings is 1. The molecule has 0 amide bonds. The van der Waals surface area contributed by atoms with Crippen molar-refractivity contribution in [2.24, 2.45) is 0 Å². The van der Waals surface area contributed by atoms with E-state index in [0.29, 0.717) is 9.77 Å². The molecule has 1 aromatic carbocycles. The maximum atomic E-state index is 11.3. The van der Waals surface area contributed by atoms with E-state index >= 15 is 0 Å². The standard InChI is InChI=1S/C12H9NO3S2/c1-8(14)10-7-11(12(18-10)13(15)16)17-9-5-3-2-4-6-9/h2-7H,1H3. The van der Waals surface area contributed by atoms with Crippen LogP contribution in [0.1, 0.15) is 16.6 Å². The molecule has 6 heteroatoms. The van der Waals surface area contributed by atoms with E-state index in [1.807, 2.05) is 30.3 Å². The van der Waals surface area contributed by atoms with Gasteiger partial charge in [-0.1, -0.05) is 41.3 Å². The van der Waals surface area contributed by atoms with Gasteiger partial charge in [0.1, 0.15) is 4.90 Å². The van der Waals surface area contributed by atoms with Gasteiger partial charge in [0.05, 0.1) is 9.80 Å². The molecule has 0 bridgehead atoms. The maximum Gasteiger partial charge on any atom is 0.338 e. The summed E-state index contributed by atoms with van der Waals surface area (Å²) >= 11 is 2.22. The molecule has 0 saturated carbocycles. The third-order valence-electron chi connectivity index (χ3n) is 2.16. The summed E-state index contributed by atoms with van der Waals surface area (Å²) in [6, 6.07) is 11.0. The minimum Gasteiger partial charge on any atom is -0.294 e. The molecule has 0 unspecified atom stereocenters. The normalized spacial score (nSPS) is 10.3. The van der Waals surface area contributed by atoms with Gasteiger partial charge < -0.3 is 0 Å². The summed E-state index contributed by atoms with van der Waals surface area (Å²) in [6.07, 6.45) is 0. The lowest BCUT2D eigenvalue weighted by Gasteiger charge is -1.97. The highest BCUT2D eigenvalue weighted by Gasteiger charge is 2.21. The van der Waals surface area contributed by atoms with Gasteiger partial charge in [-0.2, -0.15) is 0 Å². The van der Waals surface area contributed by atoms with E-state index in [2.05, 4.69) is 0 Å². The van der Waals surface area contributed by atoms with E-state index < -0.39 is 4.92 Å². The van der Waals surface area contributed by atoms with Gasteiger partial charge in [0.2, 0.25) is 0 Å². The van der Waals surface area contributed by atoms with Crippen molar-refractivity contribution in [2.45, 2.75) is 16.7 Å². The first kappa shape index (κ1) is 12.8. The van der Waals surface area contributed by atoms with Gasteiger partial charge in [0.25, 0.3) is 0 Å². The van der Waals surface area contributed by atoms with Crippen LogP contribution in [0.25, 0.3) is 0 Å². The lowest BCUT2D eigenvalue weighted by molar-refractivity contribution is -0.382. The lowest BCUT2D eigenvalue weighted by atomic mass is 10.3. The first-order chi connectivity index (χ1) is 8.58. The average Bonchev–Trinajstić information content (AvgIpc) is 2.74. The predicted molar refractivity (Wildman–Crippen MR) is 71.5 cm³/mol. The zero-order chi connectivity index (χ0) is 13.1. The summed E-state index contributed by atoms with van der Waals surface area (Å²) in [5.41, 5.74) is 0. The Hall–Kier alpha value is -1.66. The smallest absolute Gasteiger partial charge is 0.294 e. The average molecular weight is 279 g/mol. The third kappa shape index (κ3) is 2.77. The molecule has 1 heterocycles. The summed E-state index contributed by atoms with van der Waals surface area (Å²) in [6.45, 7) is 1.41. The van der Waals surface area contributed by atoms with E-state index in [9.17, 15) is 14.9 Å². The molecule has 0 aliphatic carbocycles. The molecule has 0 fully saturated rings. The number of nitro groups is 1. The van der Waals surface area contributed by atoms with Gasteiger partial charge in [-0.15, -0.1) is 0 Å². The topological polar surface area (TPSA) is 60.2 Å². The molecule has 4 nitrogen and oxygen atoms in total. The zero-order valence-corrected chi connectivity index (χ0v) is 11.1. The van der Waals surface area contributed by atoms with Gasteiger partial charge in [0.15, 0.2) is 5.78 Å². The van der Waals surface area contributed by atoms with Crippen molar-refractivity contribution in [1.29, 1.82) is 0 Å². The van der Waals surface area contributed by atoms with Crippen LogP contribution in [0.15, 0.2) is 46.2 Å². The second-order valence-electron chi connectivity index (χ2n) is 3.51.